The van der Waals surface area contributed by atoms with Crippen molar-refractivity contribution in [3.8, 4) is 17.3 Å². The van der Waals surface area contributed by atoms with Crippen molar-refractivity contribution in [2.75, 3.05) is 19.8 Å². The summed E-state index contributed by atoms with van der Waals surface area (Å²) in [7, 11) is 0. The largest absolute Gasteiger partial charge is 0.439 e. The summed E-state index contributed by atoms with van der Waals surface area (Å²) in [6.45, 7) is 14.7. The van der Waals surface area contributed by atoms with Crippen molar-refractivity contribution in [2.45, 2.75) is 60.2 Å². The number of aliphatic hydroxyl groups excluding tert-OH is 1. The summed E-state index contributed by atoms with van der Waals surface area (Å²) in [5.41, 5.74) is 4.03. The molecule has 0 saturated carbocycles. The van der Waals surface area contributed by atoms with Crippen LogP contribution in [0.25, 0.3) is 5.69 Å². The third-order valence-corrected chi connectivity index (χ3v) is 5.67. The van der Waals surface area contributed by atoms with Crippen molar-refractivity contribution in [1.29, 1.82) is 0 Å². The van der Waals surface area contributed by atoms with E-state index in [9.17, 15) is 5.11 Å². The van der Waals surface area contributed by atoms with Gasteiger partial charge in [0.25, 0.3) is 0 Å². The fraction of sp³-hybridized carbons (Fsp3) is 0.464. The molecular weight excluding hydrogens is 426 g/mol. The van der Waals surface area contributed by atoms with Crippen LogP contribution in [0.2, 0.25) is 0 Å². The van der Waals surface area contributed by atoms with E-state index in [0.29, 0.717) is 38.1 Å². The van der Waals surface area contributed by atoms with E-state index in [-0.39, 0.29) is 6.04 Å². The first-order valence-corrected chi connectivity index (χ1v) is 12.1. The lowest BCUT2D eigenvalue weighted by Gasteiger charge is -2.29. The van der Waals surface area contributed by atoms with E-state index in [2.05, 4.69) is 39.5 Å². The number of nitrogens with zero attached hydrogens (tertiary/aromatic N) is 3. The molecule has 184 valence electrons. The molecular formula is C28H39N3O3. The maximum absolute atomic E-state index is 10.6. The van der Waals surface area contributed by atoms with Crippen molar-refractivity contribution in [3.05, 3.63) is 71.4 Å². The number of para-hydroxylation sites is 1. The van der Waals surface area contributed by atoms with Crippen LogP contribution in [0, 0.1) is 19.8 Å². The second kappa shape index (κ2) is 12.2. The fourth-order valence-electron chi connectivity index (χ4n) is 3.71. The maximum atomic E-state index is 10.6. The molecule has 0 spiro atoms. The zero-order chi connectivity index (χ0) is 24.7. The van der Waals surface area contributed by atoms with E-state index < -0.39 is 6.10 Å². The Hall–Kier alpha value is -2.67. The first-order valence-electron chi connectivity index (χ1n) is 12.1. The number of hydrogen-bond acceptors (Lipinski definition) is 5. The van der Waals surface area contributed by atoms with Crippen LogP contribution in [0.5, 0.6) is 11.6 Å². The Morgan fingerprint density at radius 1 is 0.941 bits per heavy atom. The second-order valence-corrected chi connectivity index (χ2v) is 9.64. The van der Waals surface area contributed by atoms with E-state index in [0.717, 1.165) is 22.7 Å². The van der Waals surface area contributed by atoms with Gasteiger partial charge in [-0.2, -0.15) is 5.10 Å². The standard InChI is InChI=1S/C28H39N3O3/c1-20(2)18-33-19-25(32)16-30(21(3)4)17-27-23(6)29-31(24-10-8-7-9-11-24)28(27)34-26-14-12-22(5)13-15-26/h7-15,20-21,25,32H,16-19H2,1-6H3/t25-/m1/s1. The normalized spacial score (nSPS) is 12.6. The van der Waals surface area contributed by atoms with E-state index in [1.807, 2.05) is 66.2 Å². The van der Waals surface area contributed by atoms with E-state index in [1.165, 1.54) is 5.56 Å². The lowest BCUT2D eigenvalue weighted by molar-refractivity contribution is 0.00161. The van der Waals surface area contributed by atoms with Crippen molar-refractivity contribution in [3.63, 3.8) is 0 Å². The van der Waals surface area contributed by atoms with Gasteiger partial charge in [0.1, 0.15) is 5.75 Å². The van der Waals surface area contributed by atoms with Crippen LogP contribution >= 0.6 is 0 Å². The Bertz CT molecular complexity index is 1010. The first kappa shape index (κ1) is 25.9. The van der Waals surface area contributed by atoms with Gasteiger partial charge >= 0.3 is 0 Å². The molecule has 34 heavy (non-hydrogen) atoms. The summed E-state index contributed by atoms with van der Waals surface area (Å²) < 4.78 is 14.0. The van der Waals surface area contributed by atoms with Crippen molar-refractivity contribution >= 4 is 0 Å². The molecule has 0 amide bonds. The smallest absolute Gasteiger partial charge is 0.227 e. The highest BCUT2D eigenvalue weighted by molar-refractivity contribution is 5.43. The molecule has 1 heterocycles. The van der Waals surface area contributed by atoms with Crippen LogP contribution in [0.1, 0.15) is 44.5 Å². The summed E-state index contributed by atoms with van der Waals surface area (Å²) in [5.74, 6) is 1.91. The molecule has 0 aliphatic carbocycles. The molecule has 1 atom stereocenters. The Kier molecular flexibility index (Phi) is 9.28. The van der Waals surface area contributed by atoms with Gasteiger partial charge in [-0.15, -0.1) is 0 Å². The van der Waals surface area contributed by atoms with Gasteiger partial charge in [-0.05, 0) is 57.9 Å². The quantitative estimate of drug-likeness (QED) is 0.381. The summed E-state index contributed by atoms with van der Waals surface area (Å²) in [4.78, 5) is 2.24. The molecule has 0 radical (unpaired) electrons. The summed E-state index contributed by atoms with van der Waals surface area (Å²) in [6, 6.07) is 18.3. The highest BCUT2D eigenvalue weighted by Gasteiger charge is 2.24. The molecule has 0 aliphatic rings. The van der Waals surface area contributed by atoms with Gasteiger partial charge in [0.2, 0.25) is 5.88 Å². The van der Waals surface area contributed by atoms with Gasteiger partial charge in [0.15, 0.2) is 0 Å². The molecule has 0 unspecified atom stereocenters. The molecule has 6 nitrogen and oxygen atoms in total. The predicted molar refractivity (Wildman–Crippen MR) is 137 cm³/mol. The number of aryl methyl sites for hydroxylation is 2. The number of aromatic nitrogens is 2. The Morgan fingerprint density at radius 3 is 2.24 bits per heavy atom. The number of benzene rings is 2. The highest BCUT2D eigenvalue weighted by Crippen LogP contribution is 2.32. The zero-order valence-corrected chi connectivity index (χ0v) is 21.4. The minimum Gasteiger partial charge on any atom is -0.439 e. The molecule has 1 aromatic heterocycles. The van der Waals surface area contributed by atoms with Gasteiger partial charge in [-0.25, -0.2) is 4.68 Å². The number of aliphatic hydroxyl groups is 1. The number of rotatable bonds is 12. The monoisotopic (exact) mass is 465 g/mol. The van der Waals surface area contributed by atoms with Crippen LogP contribution in [-0.4, -0.2) is 51.7 Å². The Morgan fingerprint density at radius 2 is 1.62 bits per heavy atom. The van der Waals surface area contributed by atoms with E-state index in [1.54, 1.807) is 0 Å². The van der Waals surface area contributed by atoms with Gasteiger partial charge in [-0.3, -0.25) is 4.90 Å². The number of hydrogen-bond donors (Lipinski definition) is 1. The van der Waals surface area contributed by atoms with E-state index in [4.69, 9.17) is 14.6 Å². The molecule has 6 heteroatoms. The molecule has 1 N–H and O–H groups in total. The van der Waals surface area contributed by atoms with Gasteiger partial charge < -0.3 is 14.6 Å². The minimum atomic E-state index is -0.563. The van der Waals surface area contributed by atoms with E-state index >= 15 is 0 Å². The third kappa shape index (κ3) is 7.16. The second-order valence-electron chi connectivity index (χ2n) is 9.64. The SMILES string of the molecule is Cc1ccc(Oc2c(CN(C[C@@H](O)COCC(C)C)C(C)C)c(C)nn2-c2ccccc2)cc1. The van der Waals surface area contributed by atoms with Crippen molar-refractivity contribution in [1.82, 2.24) is 14.7 Å². The predicted octanol–water partition coefficient (Wildman–Crippen LogP) is 5.53. The number of ether oxygens (including phenoxy) is 2. The van der Waals surface area contributed by atoms with Crippen molar-refractivity contribution < 1.29 is 14.6 Å². The molecule has 3 rings (SSSR count). The summed E-state index contributed by atoms with van der Waals surface area (Å²) in [5, 5.41) is 15.5. The van der Waals surface area contributed by atoms with Crippen LogP contribution < -0.4 is 4.74 Å². The summed E-state index contributed by atoms with van der Waals surface area (Å²) >= 11 is 0. The third-order valence-electron chi connectivity index (χ3n) is 5.67. The highest BCUT2D eigenvalue weighted by atomic mass is 16.5. The summed E-state index contributed by atoms with van der Waals surface area (Å²) in [6.07, 6.45) is -0.563. The van der Waals surface area contributed by atoms with Crippen LogP contribution in [-0.2, 0) is 11.3 Å². The lowest BCUT2D eigenvalue weighted by atomic mass is 10.2. The first-order chi connectivity index (χ1) is 16.2. The molecule has 0 fully saturated rings. The topological polar surface area (TPSA) is 59.8 Å². The van der Waals surface area contributed by atoms with Crippen molar-refractivity contribution in [2.24, 2.45) is 5.92 Å². The maximum Gasteiger partial charge on any atom is 0.227 e. The van der Waals surface area contributed by atoms with Crippen LogP contribution in [0.3, 0.4) is 0 Å². The van der Waals surface area contributed by atoms with Gasteiger partial charge in [0, 0.05) is 25.7 Å². The molecule has 2 aromatic carbocycles. The van der Waals surface area contributed by atoms with Crippen LogP contribution in [0.4, 0.5) is 0 Å². The Balaban J connectivity index is 1.89. The molecule has 0 bridgehead atoms. The Labute approximate surface area is 204 Å². The average Bonchev–Trinajstić information content (AvgIpc) is 3.10. The molecule has 0 aliphatic heterocycles. The van der Waals surface area contributed by atoms with Gasteiger partial charge in [-0.1, -0.05) is 49.7 Å². The van der Waals surface area contributed by atoms with Crippen LogP contribution in [0.15, 0.2) is 54.6 Å². The lowest BCUT2D eigenvalue weighted by Crippen LogP contribution is -2.39. The van der Waals surface area contributed by atoms with Gasteiger partial charge in [0.05, 0.1) is 29.7 Å². The zero-order valence-electron chi connectivity index (χ0n) is 21.4. The molecule has 0 saturated heterocycles. The molecule has 3 aromatic rings. The fourth-order valence-corrected chi connectivity index (χ4v) is 3.71. The average molecular weight is 466 g/mol. The minimum absolute atomic E-state index is 0.228.